The summed E-state index contributed by atoms with van der Waals surface area (Å²) < 4.78 is 39.5. The van der Waals surface area contributed by atoms with E-state index in [0.29, 0.717) is 4.47 Å². The lowest BCUT2D eigenvalue weighted by Gasteiger charge is -2.11. The third-order valence-corrected chi connectivity index (χ3v) is 3.23. The first-order valence-electron chi connectivity index (χ1n) is 5.71. The molecule has 0 aliphatic heterocycles. The highest BCUT2D eigenvalue weighted by Crippen LogP contribution is 2.33. The number of nitrogen functional groups attached to an aromatic ring is 1. The molecule has 9 heteroatoms. The van der Waals surface area contributed by atoms with Gasteiger partial charge in [-0.25, -0.2) is 0 Å². The van der Waals surface area contributed by atoms with Crippen molar-refractivity contribution >= 4 is 33.3 Å². The van der Waals surface area contributed by atoms with Gasteiger partial charge in [-0.1, -0.05) is 0 Å². The number of amides is 1. The SMILES string of the molecule is Nc1ccn(CC(=O)Nc2cc(C(F)(F)F)ccc2Br)n1. The molecule has 1 amide bonds. The van der Waals surface area contributed by atoms with Gasteiger partial charge in [0.15, 0.2) is 0 Å². The van der Waals surface area contributed by atoms with Crippen molar-refractivity contribution in [3.8, 4) is 0 Å². The van der Waals surface area contributed by atoms with Crippen LogP contribution in [0.3, 0.4) is 0 Å². The molecule has 2 rings (SSSR count). The lowest BCUT2D eigenvalue weighted by atomic mass is 10.2. The van der Waals surface area contributed by atoms with Gasteiger partial charge in [-0.15, -0.1) is 0 Å². The minimum atomic E-state index is -4.48. The van der Waals surface area contributed by atoms with Crippen LogP contribution in [0.5, 0.6) is 0 Å². The summed E-state index contributed by atoms with van der Waals surface area (Å²) >= 11 is 3.09. The van der Waals surface area contributed by atoms with E-state index in [1.165, 1.54) is 23.0 Å². The molecule has 2 aromatic rings. The Bertz CT molecular complexity index is 669. The van der Waals surface area contributed by atoms with Crippen molar-refractivity contribution in [1.82, 2.24) is 9.78 Å². The monoisotopic (exact) mass is 362 g/mol. The minimum Gasteiger partial charge on any atom is -0.382 e. The molecule has 0 atom stereocenters. The molecule has 0 radical (unpaired) electrons. The summed E-state index contributed by atoms with van der Waals surface area (Å²) in [6.45, 7) is -0.153. The molecule has 0 spiro atoms. The summed E-state index contributed by atoms with van der Waals surface area (Å²) in [5, 5.41) is 6.21. The molecule has 5 nitrogen and oxygen atoms in total. The van der Waals surface area contributed by atoms with Gasteiger partial charge < -0.3 is 11.1 Å². The van der Waals surface area contributed by atoms with Crippen molar-refractivity contribution in [1.29, 1.82) is 0 Å². The van der Waals surface area contributed by atoms with Crippen LogP contribution in [0.25, 0.3) is 0 Å². The van der Waals surface area contributed by atoms with Gasteiger partial charge in [0, 0.05) is 10.7 Å². The maximum atomic E-state index is 12.6. The van der Waals surface area contributed by atoms with Crippen molar-refractivity contribution in [3.63, 3.8) is 0 Å². The molecular weight excluding hydrogens is 353 g/mol. The summed E-state index contributed by atoms with van der Waals surface area (Å²) in [5.41, 5.74) is 4.60. The fourth-order valence-electron chi connectivity index (χ4n) is 1.60. The van der Waals surface area contributed by atoms with E-state index in [4.69, 9.17) is 5.73 Å². The predicted octanol–water partition coefficient (Wildman–Crippen LogP) is 2.89. The van der Waals surface area contributed by atoms with Gasteiger partial charge >= 0.3 is 6.18 Å². The largest absolute Gasteiger partial charge is 0.416 e. The summed E-state index contributed by atoms with van der Waals surface area (Å²) in [5.74, 6) is -0.263. The van der Waals surface area contributed by atoms with E-state index in [2.05, 4.69) is 26.3 Å². The summed E-state index contributed by atoms with van der Waals surface area (Å²) in [7, 11) is 0. The van der Waals surface area contributed by atoms with Crippen molar-refractivity contribution in [3.05, 3.63) is 40.5 Å². The number of hydrogen-bond donors (Lipinski definition) is 2. The van der Waals surface area contributed by atoms with Crippen LogP contribution in [0.2, 0.25) is 0 Å². The molecule has 0 saturated carbocycles. The third-order valence-electron chi connectivity index (χ3n) is 2.53. The Labute approximate surface area is 126 Å². The Kier molecular flexibility index (Phi) is 4.21. The van der Waals surface area contributed by atoms with Crippen molar-refractivity contribution in [2.24, 2.45) is 0 Å². The number of hydrogen-bond acceptors (Lipinski definition) is 3. The molecule has 0 aliphatic carbocycles. The first kappa shape index (κ1) is 15.4. The molecule has 1 aromatic heterocycles. The highest BCUT2D eigenvalue weighted by molar-refractivity contribution is 9.10. The molecule has 0 saturated heterocycles. The van der Waals surface area contributed by atoms with Crippen molar-refractivity contribution in [2.75, 3.05) is 11.1 Å². The number of halogens is 4. The van der Waals surface area contributed by atoms with Gasteiger partial charge in [0.25, 0.3) is 0 Å². The van der Waals surface area contributed by atoms with Crippen LogP contribution in [0.1, 0.15) is 5.56 Å². The van der Waals surface area contributed by atoms with E-state index < -0.39 is 17.6 Å². The molecule has 0 fully saturated rings. The average Bonchev–Trinajstić information content (AvgIpc) is 2.76. The number of alkyl halides is 3. The Hall–Kier alpha value is -2.03. The number of nitrogens with zero attached hydrogens (tertiary/aromatic N) is 2. The fraction of sp³-hybridized carbons (Fsp3) is 0.167. The van der Waals surface area contributed by atoms with Crippen LogP contribution >= 0.6 is 15.9 Å². The first-order chi connectivity index (χ1) is 9.75. The normalized spacial score (nSPS) is 11.4. The number of nitrogens with one attached hydrogen (secondary N) is 1. The van der Waals surface area contributed by atoms with Gasteiger partial charge in [0.2, 0.25) is 5.91 Å². The molecule has 1 aromatic carbocycles. The lowest BCUT2D eigenvalue weighted by molar-refractivity contribution is -0.137. The molecule has 0 aliphatic rings. The maximum absolute atomic E-state index is 12.6. The Morgan fingerprint density at radius 2 is 2.10 bits per heavy atom. The van der Waals surface area contributed by atoms with Crippen LogP contribution in [0.4, 0.5) is 24.7 Å². The second-order valence-corrected chi connectivity index (χ2v) is 5.03. The first-order valence-corrected chi connectivity index (χ1v) is 6.50. The smallest absolute Gasteiger partial charge is 0.382 e. The molecule has 21 heavy (non-hydrogen) atoms. The van der Waals surface area contributed by atoms with Crippen molar-refractivity contribution in [2.45, 2.75) is 12.7 Å². The second kappa shape index (κ2) is 5.76. The molecule has 3 N–H and O–H groups in total. The lowest BCUT2D eigenvalue weighted by Crippen LogP contribution is -2.20. The molecular formula is C12H10BrF3N4O. The Morgan fingerprint density at radius 1 is 1.38 bits per heavy atom. The van der Waals surface area contributed by atoms with Crippen LogP contribution in [-0.2, 0) is 17.5 Å². The topological polar surface area (TPSA) is 72.9 Å². The molecule has 0 bridgehead atoms. The number of carbonyl (C=O) groups excluding carboxylic acids is 1. The molecule has 1 heterocycles. The summed E-state index contributed by atoms with van der Waals surface area (Å²) in [4.78, 5) is 11.8. The number of benzene rings is 1. The average molecular weight is 363 g/mol. The standard InChI is InChI=1S/C12H10BrF3N4O/c13-8-2-1-7(12(14,15)16)5-9(8)18-11(21)6-20-4-3-10(17)19-20/h1-5H,6H2,(H2,17,19)(H,18,21). The number of anilines is 2. The highest BCUT2D eigenvalue weighted by Gasteiger charge is 2.31. The van der Waals surface area contributed by atoms with Gasteiger partial charge in [-0.05, 0) is 40.2 Å². The van der Waals surface area contributed by atoms with Gasteiger partial charge in [-0.3, -0.25) is 9.48 Å². The fourth-order valence-corrected chi connectivity index (χ4v) is 1.95. The van der Waals surface area contributed by atoms with Gasteiger partial charge in [-0.2, -0.15) is 18.3 Å². The van der Waals surface area contributed by atoms with Gasteiger partial charge in [0.05, 0.1) is 11.3 Å². The molecule has 0 unspecified atom stereocenters. The summed E-state index contributed by atoms with van der Waals surface area (Å²) in [6.07, 6.45) is -2.98. The number of rotatable bonds is 3. The minimum absolute atomic E-state index is 0.0370. The van der Waals surface area contributed by atoms with Crippen LogP contribution in [-0.4, -0.2) is 15.7 Å². The second-order valence-electron chi connectivity index (χ2n) is 4.18. The predicted molar refractivity (Wildman–Crippen MR) is 74.4 cm³/mol. The maximum Gasteiger partial charge on any atom is 0.416 e. The van der Waals surface area contributed by atoms with E-state index in [1.54, 1.807) is 0 Å². The van der Waals surface area contributed by atoms with Crippen LogP contribution < -0.4 is 11.1 Å². The quantitative estimate of drug-likeness (QED) is 0.881. The zero-order chi connectivity index (χ0) is 15.6. The number of aromatic nitrogens is 2. The number of carbonyl (C=O) groups is 1. The highest BCUT2D eigenvalue weighted by atomic mass is 79.9. The van der Waals surface area contributed by atoms with E-state index in [-0.39, 0.29) is 18.1 Å². The third kappa shape index (κ3) is 3.97. The van der Waals surface area contributed by atoms with E-state index >= 15 is 0 Å². The van der Waals surface area contributed by atoms with Crippen molar-refractivity contribution < 1.29 is 18.0 Å². The zero-order valence-electron chi connectivity index (χ0n) is 10.5. The van der Waals surface area contributed by atoms with E-state index in [9.17, 15) is 18.0 Å². The van der Waals surface area contributed by atoms with Crippen LogP contribution in [0.15, 0.2) is 34.9 Å². The van der Waals surface area contributed by atoms with E-state index in [1.807, 2.05) is 0 Å². The Balaban J connectivity index is 2.13. The summed E-state index contributed by atoms with van der Waals surface area (Å²) in [6, 6.07) is 4.52. The Morgan fingerprint density at radius 3 is 2.67 bits per heavy atom. The van der Waals surface area contributed by atoms with Gasteiger partial charge in [0.1, 0.15) is 12.4 Å². The van der Waals surface area contributed by atoms with E-state index in [0.717, 1.165) is 12.1 Å². The van der Waals surface area contributed by atoms with Crippen LogP contribution in [0, 0.1) is 0 Å². The number of nitrogens with two attached hydrogens (primary N) is 1. The molecule has 112 valence electrons. The zero-order valence-corrected chi connectivity index (χ0v) is 12.1.